The van der Waals surface area contributed by atoms with E-state index in [1.807, 2.05) is 23.4 Å². The lowest BCUT2D eigenvalue weighted by molar-refractivity contribution is 0.0700. The monoisotopic (exact) mass is 288 g/mol. The van der Waals surface area contributed by atoms with Crippen LogP contribution in [0.25, 0.3) is 0 Å². The summed E-state index contributed by atoms with van der Waals surface area (Å²) in [7, 11) is 0. The van der Waals surface area contributed by atoms with Gasteiger partial charge in [-0.1, -0.05) is 0 Å². The van der Waals surface area contributed by atoms with E-state index in [0.29, 0.717) is 11.6 Å². The molecule has 0 N–H and O–H groups in total. The van der Waals surface area contributed by atoms with Crippen LogP contribution in [0.1, 0.15) is 39.9 Å². The highest BCUT2D eigenvalue weighted by Crippen LogP contribution is 2.28. The van der Waals surface area contributed by atoms with Crippen LogP contribution in [0.5, 0.6) is 0 Å². The summed E-state index contributed by atoms with van der Waals surface area (Å²) in [6.07, 6.45) is 7.12. The lowest BCUT2D eigenvalue weighted by Gasteiger charge is -2.31. The number of nitrogens with zero attached hydrogens (tertiary/aromatic N) is 4. The topological polar surface area (TPSA) is 59.0 Å². The summed E-state index contributed by atoms with van der Waals surface area (Å²) >= 11 is 1.66. The summed E-state index contributed by atoms with van der Waals surface area (Å²) < 4.78 is 0. The van der Waals surface area contributed by atoms with Gasteiger partial charge >= 0.3 is 0 Å². The summed E-state index contributed by atoms with van der Waals surface area (Å²) in [6, 6.07) is 0. The van der Waals surface area contributed by atoms with Crippen LogP contribution in [0.15, 0.2) is 24.0 Å². The minimum atomic E-state index is -0.0289. The summed E-state index contributed by atoms with van der Waals surface area (Å²) in [5.74, 6) is 0.324. The largest absolute Gasteiger partial charge is 0.337 e. The van der Waals surface area contributed by atoms with Crippen molar-refractivity contribution in [2.75, 3.05) is 13.1 Å². The third kappa shape index (κ3) is 2.70. The fraction of sp³-hybridized carbons (Fsp3) is 0.429. The first-order valence-electron chi connectivity index (χ1n) is 6.71. The van der Waals surface area contributed by atoms with Gasteiger partial charge < -0.3 is 4.90 Å². The molecule has 1 aliphatic heterocycles. The first-order chi connectivity index (χ1) is 9.74. The Hall–Kier alpha value is -1.82. The lowest BCUT2D eigenvalue weighted by Crippen LogP contribution is -2.39. The summed E-state index contributed by atoms with van der Waals surface area (Å²) in [4.78, 5) is 27.0. The van der Waals surface area contributed by atoms with Gasteiger partial charge in [-0.2, -0.15) is 0 Å². The van der Waals surface area contributed by atoms with Gasteiger partial charge in [0.05, 0.1) is 16.9 Å². The Labute approximate surface area is 121 Å². The van der Waals surface area contributed by atoms with Crippen LogP contribution in [0, 0.1) is 6.92 Å². The summed E-state index contributed by atoms with van der Waals surface area (Å²) in [5.41, 5.74) is 1.25. The Balaban J connectivity index is 1.73. The van der Waals surface area contributed by atoms with Gasteiger partial charge in [0.25, 0.3) is 5.91 Å². The van der Waals surface area contributed by atoms with Crippen LogP contribution in [0.3, 0.4) is 0 Å². The number of thiazole rings is 1. The van der Waals surface area contributed by atoms with Crippen molar-refractivity contribution in [3.05, 3.63) is 40.4 Å². The van der Waals surface area contributed by atoms with Crippen LogP contribution in [-0.4, -0.2) is 38.8 Å². The minimum Gasteiger partial charge on any atom is -0.337 e. The average molecular weight is 288 g/mol. The average Bonchev–Trinajstić information content (AvgIpc) is 3.02. The molecule has 6 heteroatoms. The van der Waals surface area contributed by atoms with E-state index in [2.05, 4.69) is 15.0 Å². The number of hydrogen-bond donors (Lipinski definition) is 0. The van der Waals surface area contributed by atoms with Crippen LogP contribution >= 0.6 is 11.3 Å². The molecule has 5 nitrogen and oxygen atoms in total. The molecule has 0 bridgehead atoms. The third-order valence-corrected chi connectivity index (χ3v) is 4.45. The van der Waals surface area contributed by atoms with E-state index in [1.165, 1.54) is 0 Å². The highest BCUT2D eigenvalue weighted by molar-refractivity contribution is 7.09. The molecule has 0 aliphatic carbocycles. The highest BCUT2D eigenvalue weighted by atomic mass is 32.1. The summed E-state index contributed by atoms with van der Waals surface area (Å²) in [6.45, 7) is 3.37. The molecule has 1 atom stereocenters. The van der Waals surface area contributed by atoms with Gasteiger partial charge in [0, 0.05) is 36.8 Å². The molecule has 0 saturated carbocycles. The van der Waals surface area contributed by atoms with Crippen molar-refractivity contribution < 1.29 is 4.79 Å². The number of aryl methyl sites for hydroxylation is 1. The molecular weight excluding hydrogens is 272 g/mol. The van der Waals surface area contributed by atoms with Crippen molar-refractivity contribution in [3.63, 3.8) is 0 Å². The number of aromatic nitrogens is 3. The van der Waals surface area contributed by atoms with Gasteiger partial charge in [0.1, 0.15) is 5.69 Å². The second kappa shape index (κ2) is 5.66. The molecule has 104 valence electrons. The van der Waals surface area contributed by atoms with E-state index in [0.717, 1.165) is 36.6 Å². The number of hydrogen-bond acceptors (Lipinski definition) is 5. The van der Waals surface area contributed by atoms with E-state index in [9.17, 15) is 4.79 Å². The second-order valence-electron chi connectivity index (χ2n) is 5.00. The predicted molar refractivity (Wildman–Crippen MR) is 76.8 cm³/mol. The molecule has 3 rings (SSSR count). The molecule has 1 saturated heterocycles. The van der Waals surface area contributed by atoms with Crippen molar-refractivity contribution in [1.29, 1.82) is 0 Å². The number of amides is 1. The zero-order valence-electron chi connectivity index (χ0n) is 11.3. The number of piperidine rings is 1. The van der Waals surface area contributed by atoms with Crippen LogP contribution in [-0.2, 0) is 0 Å². The summed E-state index contributed by atoms with van der Waals surface area (Å²) in [5, 5.41) is 3.11. The molecule has 20 heavy (non-hydrogen) atoms. The molecular formula is C14H16N4OS. The fourth-order valence-corrected chi connectivity index (χ4v) is 3.23. The van der Waals surface area contributed by atoms with Crippen LogP contribution < -0.4 is 0 Å². The maximum Gasteiger partial charge on any atom is 0.274 e. The van der Waals surface area contributed by atoms with Gasteiger partial charge in [-0.05, 0) is 19.8 Å². The van der Waals surface area contributed by atoms with Crippen LogP contribution in [0.4, 0.5) is 0 Å². The molecule has 1 amide bonds. The van der Waals surface area contributed by atoms with Crippen molar-refractivity contribution in [3.8, 4) is 0 Å². The van der Waals surface area contributed by atoms with Crippen molar-refractivity contribution in [1.82, 2.24) is 19.9 Å². The Morgan fingerprint density at radius 3 is 2.95 bits per heavy atom. The number of carbonyl (C=O) groups is 1. The van der Waals surface area contributed by atoms with Crippen LogP contribution in [0.2, 0.25) is 0 Å². The Morgan fingerprint density at radius 2 is 2.25 bits per heavy atom. The third-order valence-electron chi connectivity index (χ3n) is 3.51. The molecule has 2 aromatic heterocycles. The van der Waals surface area contributed by atoms with E-state index in [4.69, 9.17) is 0 Å². The van der Waals surface area contributed by atoms with E-state index in [1.54, 1.807) is 23.7 Å². The number of likely N-dealkylation sites (tertiary alicyclic amines) is 1. The maximum atomic E-state index is 12.4. The zero-order chi connectivity index (χ0) is 13.9. The Morgan fingerprint density at radius 1 is 1.35 bits per heavy atom. The zero-order valence-corrected chi connectivity index (χ0v) is 12.1. The lowest BCUT2D eigenvalue weighted by atomic mass is 9.98. The smallest absolute Gasteiger partial charge is 0.274 e. The van der Waals surface area contributed by atoms with Gasteiger partial charge in [-0.3, -0.25) is 9.78 Å². The first-order valence-corrected chi connectivity index (χ1v) is 7.59. The molecule has 0 spiro atoms. The van der Waals surface area contributed by atoms with Crippen molar-refractivity contribution in [2.24, 2.45) is 0 Å². The predicted octanol–water partition coefficient (Wildman–Crippen LogP) is 2.26. The fourth-order valence-electron chi connectivity index (χ4n) is 2.46. The SMILES string of the molecule is Cc1cnc(C(=O)N2CCC[C@H](c3nccs3)C2)cn1. The molecule has 2 aromatic rings. The van der Waals surface area contributed by atoms with Crippen molar-refractivity contribution >= 4 is 17.2 Å². The standard InChI is InChI=1S/C14H16N4OS/c1-10-7-17-12(8-16-10)14(19)18-5-2-3-11(9-18)13-15-4-6-20-13/h4,6-8,11H,2-3,5,9H2,1H3/t11-/m0/s1. The molecule has 0 unspecified atom stereocenters. The first kappa shape index (κ1) is 13.2. The van der Waals surface area contributed by atoms with E-state index >= 15 is 0 Å². The minimum absolute atomic E-state index is 0.0289. The van der Waals surface area contributed by atoms with Gasteiger partial charge in [0.2, 0.25) is 0 Å². The quantitative estimate of drug-likeness (QED) is 0.850. The molecule has 3 heterocycles. The van der Waals surface area contributed by atoms with Gasteiger partial charge in [-0.15, -0.1) is 11.3 Å². The molecule has 1 aliphatic rings. The second-order valence-corrected chi connectivity index (χ2v) is 5.93. The van der Waals surface area contributed by atoms with E-state index in [-0.39, 0.29) is 5.91 Å². The van der Waals surface area contributed by atoms with E-state index < -0.39 is 0 Å². The number of carbonyl (C=O) groups excluding carboxylic acids is 1. The Kier molecular flexibility index (Phi) is 3.73. The normalized spacial score (nSPS) is 19.1. The van der Waals surface area contributed by atoms with Gasteiger partial charge in [-0.25, -0.2) is 9.97 Å². The Bertz CT molecular complexity index is 582. The highest BCUT2D eigenvalue weighted by Gasteiger charge is 2.27. The van der Waals surface area contributed by atoms with Gasteiger partial charge in [0.15, 0.2) is 0 Å². The number of rotatable bonds is 2. The molecule has 0 radical (unpaired) electrons. The molecule has 0 aromatic carbocycles. The molecule has 1 fully saturated rings. The van der Waals surface area contributed by atoms with Crippen molar-refractivity contribution in [2.45, 2.75) is 25.7 Å². The maximum absolute atomic E-state index is 12.4.